The van der Waals surface area contributed by atoms with Crippen LogP contribution in [0.5, 0.6) is 0 Å². The Labute approximate surface area is 84.8 Å². The molecule has 0 N–H and O–H groups in total. The molecular formula is C4H4BMgNO5. The zero-order chi connectivity index (χ0) is 8.43. The van der Waals surface area contributed by atoms with Gasteiger partial charge in [0.1, 0.15) is 7.32 Å². The molecule has 1 saturated heterocycles. The predicted molar refractivity (Wildman–Crippen MR) is 33.7 cm³/mol. The van der Waals surface area contributed by atoms with Gasteiger partial charge in [-0.2, -0.15) is 5.06 Å². The van der Waals surface area contributed by atoms with E-state index < -0.39 is 19.1 Å². The standard InChI is InChI=1S/C4H4BNO5.Mg/c7-3-1-2-4(8)6(3)11-5(9)10;/h1-2H2;/q-2;+2. The van der Waals surface area contributed by atoms with Crippen LogP contribution in [-0.4, -0.2) is 47.3 Å². The van der Waals surface area contributed by atoms with Crippen molar-refractivity contribution in [3.05, 3.63) is 0 Å². The summed E-state index contributed by atoms with van der Waals surface area (Å²) in [7, 11) is -2.62. The number of carbonyl (C=O) groups is 2. The van der Waals surface area contributed by atoms with Crippen LogP contribution in [0.2, 0.25) is 0 Å². The average Bonchev–Trinajstić information content (AvgIpc) is 2.18. The molecule has 8 heteroatoms. The summed E-state index contributed by atoms with van der Waals surface area (Å²) in [6.45, 7) is 0. The van der Waals surface area contributed by atoms with Gasteiger partial charge in [-0.05, 0) is 0 Å². The van der Waals surface area contributed by atoms with Gasteiger partial charge < -0.3 is 14.8 Å². The first-order valence-electron chi connectivity index (χ1n) is 2.95. The molecule has 0 aromatic carbocycles. The molecule has 0 aliphatic carbocycles. The molecule has 1 heterocycles. The summed E-state index contributed by atoms with van der Waals surface area (Å²) in [5.74, 6) is -1.27. The minimum atomic E-state index is -2.62. The average molecular weight is 181 g/mol. The Hall–Kier alpha value is -0.149. The van der Waals surface area contributed by atoms with Crippen LogP contribution >= 0.6 is 0 Å². The molecule has 0 bridgehead atoms. The van der Waals surface area contributed by atoms with Crippen molar-refractivity contribution in [2.45, 2.75) is 12.8 Å². The fourth-order valence-electron chi connectivity index (χ4n) is 0.760. The van der Waals surface area contributed by atoms with Crippen molar-refractivity contribution in [3.63, 3.8) is 0 Å². The molecule has 2 amide bonds. The summed E-state index contributed by atoms with van der Waals surface area (Å²) in [5, 5.41) is 19.9. The Bertz CT molecular complexity index is 182. The zero-order valence-electron chi connectivity index (χ0n) is 6.19. The van der Waals surface area contributed by atoms with Gasteiger partial charge in [0.05, 0.1) is 0 Å². The van der Waals surface area contributed by atoms with E-state index in [1.807, 2.05) is 0 Å². The normalized spacial score (nSPS) is 16.3. The van der Waals surface area contributed by atoms with E-state index in [9.17, 15) is 19.6 Å². The Kier molecular flexibility index (Phi) is 4.72. The number of hydrogen-bond acceptors (Lipinski definition) is 5. The molecule has 6 nitrogen and oxygen atoms in total. The molecule has 0 spiro atoms. The zero-order valence-corrected chi connectivity index (χ0v) is 7.60. The molecular weight excluding hydrogens is 177 g/mol. The van der Waals surface area contributed by atoms with Crippen molar-refractivity contribution in [2.24, 2.45) is 0 Å². The van der Waals surface area contributed by atoms with E-state index in [0.717, 1.165) is 0 Å². The fraction of sp³-hybridized carbons (Fsp3) is 0.500. The quantitative estimate of drug-likeness (QED) is 0.324. The SMILES string of the molecule is O=C1CCC(=O)N1OB([O-])[O-].[Mg+2]. The van der Waals surface area contributed by atoms with Crippen LogP contribution in [-0.2, 0) is 14.3 Å². The molecule has 0 saturated carbocycles. The third-order valence-corrected chi connectivity index (χ3v) is 1.20. The molecule has 1 rings (SSSR count). The first-order valence-corrected chi connectivity index (χ1v) is 2.95. The third-order valence-electron chi connectivity index (χ3n) is 1.20. The van der Waals surface area contributed by atoms with E-state index in [1.54, 1.807) is 0 Å². The molecule has 1 aliphatic rings. The van der Waals surface area contributed by atoms with E-state index >= 15 is 0 Å². The molecule has 1 fully saturated rings. The second kappa shape index (κ2) is 4.77. The second-order valence-electron chi connectivity index (χ2n) is 1.98. The smallest absolute Gasteiger partial charge is 0.869 e. The summed E-state index contributed by atoms with van der Waals surface area (Å²) in [4.78, 5) is 21.2. The topological polar surface area (TPSA) is 92.7 Å². The van der Waals surface area contributed by atoms with Crippen molar-refractivity contribution in [1.82, 2.24) is 5.06 Å². The molecule has 0 radical (unpaired) electrons. The maximum atomic E-state index is 10.6. The number of nitrogens with zero attached hydrogens (tertiary/aromatic N) is 1. The van der Waals surface area contributed by atoms with Gasteiger partial charge in [0.2, 0.25) is 0 Å². The van der Waals surface area contributed by atoms with E-state index in [2.05, 4.69) is 4.76 Å². The number of hydrogen-bond donors (Lipinski definition) is 0. The minimum Gasteiger partial charge on any atom is -0.869 e. The van der Waals surface area contributed by atoms with Gasteiger partial charge in [0, 0.05) is 12.8 Å². The molecule has 0 aromatic rings. The van der Waals surface area contributed by atoms with Crippen LogP contribution in [0.15, 0.2) is 0 Å². The van der Waals surface area contributed by atoms with Crippen LogP contribution in [0.25, 0.3) is 0 Å². The second-order valence-corrected chi connectivity index (χ2v) is 1.98. The largest absolute Gasteiger partial charge is 2.00 e. The summed E-state index contributed by atoms with van der Waals surface area (Å²) in [6.07, 6.45) is 0.0110. The van der Waals surface area contributed by atoms with E-state index in [4.69, 9.17) is 0 Å². The van der Waals surface area contributed by atoms with E-state index in [0.29, 0.717) is 0 Å². The monoisotopic (exact) mass is 181 g/mol. The van der Waals surface area contributed by atoms with E-state index in [1.165, 1.54) is 0 Å². The number of rotatable bonds is 2. The first-order chi connectivity index (χ1) is 5.11. The summed E-state index contributed by atoms with van der Waals surface area (Å²) < 4.78 is 3.86. The summed E-state index contributed by atoms with van der Waals surface area (Å²) in [5.41, 5.74) is 0. The van der Waals surface area contributed by atoms with Crippen molar-refractivity contribution >= 4 is 42.2 Å². The Morgan fingerprint density at radius 2 is 1.67 bits per heavy atom. The summed E-state index contributed by atoms with van der Waals surface area (Å²) >= 11 is 0. The fourth-order valence-corrected chi connectivity index (χ4v) is 0.760. The molecule has 0 aromatic heterocycles. The molecule has 12 heavy (non-hydrogen) atoms. The van der Waals surface area contributed by atoms with Crippen LogP contribution in [0.4, 0.5) is 0 Å². The van der Waals surface area contributed by atoms with Gasteiger partial charge in [-0.25, -0.2) is 0 Å². The minimum absolute atomic E-state index is 0. The maximum absolute atomic E-state index is 10.6. The van der Waals surface area contributed by atoms with Crippen molar-refractivity contribution in [1.29, 1.82) is 0 Å². The van der Waals surface area contributed by atoms with E-state index in [-0.39, 0.29) is 41.0 Å². The Morgan fingerprint density at radius 1 is 1.25 bits per heavy atom. The Balaban J connectivity index is 0.00000121. The van der Waals surface area contributed by atoms with Crippen molar-refractivity contribution in [2.75, 3.05) is 0 Å². The molecule has 0 atom stereocenters. The molecule has 60 valence electrons. The van der Waals surface area contributed by atoms with Crippen molar-refractivity contribution in [3.8, 4) is 0 Å². The van der Waals surface area contributed by atoms with Gasteiger partial charge in [-0.1, -0.05) is 0 Å². The van der Waals surface area contributed by atoms with Gasteiger partial charge >= 0.3 is 23.1 Å². The van der Waals surface area contributed by atoms with Crippen LogP contribution in [0.1, 0.15) is 12.8 Å². The van der Waals surface area contributed by atoms with Crippen molar-refractivity contribution < 1.29 is 24.4 Å². The number of amides is 2. The van der Waals surface area contributed by atoms with Crippen LogP contribution in [0.3, 0.4) is 0 Å². The summed E-state index contributed by atoms with van der Waals surface area (Å²) in [6, 6.07) is 0. The van der Waals surface area contributed by atoms with Gasteiger partial charge in [0.25, 0.3) is 11.8 Å². The predicted octanol–water partition coefficient (Wildman–Crippen LogP) is -3.61. The number of hydroxylamine groups is 2. The number of imide groups is 1. The number of carbonyl (C=O) groups excluding carboxylic acids is 2. The molecule has 1 aliphatic heterocycles. The van der Waals surface area contributed by atoms with Crippen LogP contribution < -0.4 is 10.0 Å². The maximum Gasteiger partial charge on any atom is 2.00 e. The first kappa shape index (κ1) is 11.9. The van der Waals surface area contributed by atoms with Gasteiger partial charge in [0.15, 0.2) is 0 Å². The van der Waals surface area contributed by atoms with Gasteiger partial charge in [-0.3, -0.25) is 9.59 Å². The molecule has 0 unspecified atom stereocenters. The van der Waals surface area contributed by atoms with Crippen LogP contribution in [0, 0.1) is 0 Å². The third kappa shape index (κ3) is 2.72. The Morgan fingerprint density at radius 3 is 2.00 bits per heavy atom. The van der Waals surface area contributed by atoms with Gasteiger partial charge in [-0.15, -0.1) is 0 Å².